The van der Waals surface area contributed by atoms with Crippen LogP contribution in [0, 0.1) is 5.92 Å². The summed E-state index contributed by atoms with van der Waals surface area (Å²) in [5.74, 6) is 0.803. The minimum absolute atomic E-state index is 0.221. The van der Waals surface area contributed by atoms with Gasteiger partial charge >= 0.3 is 0 Å². The Labute approximate surface area is 93.0 Å². The summed E-state index contributed by atoms with van der Waals surface area (Å²) in [5.41, 5.74) is 0.221. The van der Waals surface area contributed by atoms with Crippen molar-refractivity contribution in [3.8, 4) is 0 Å². The van der Waals surface area contributed by atoms with Gasteiger partial charge in [-0.2, -0.15) is 0 Å². The zero-order chi connectivity index (χ0) is 10.7. The molecule has 2 rings (SSSR count). The van der Waals surface area contributed by atoms with E-state index in [0.29, 0.717) is 6.04 Å². The Morgan fingerprint density at radius 2 is 2.40 bits per heavy atom. The maximum atomic E-state index is 5.44. The van der Waals surface area contributed by atoms with Gasteiger partial charge in [-0.05, 0) is 38.6 Å². The van der Waals surface area contributed by atoms with E-state index in [4.69, 9.17) is 4.74 Å². The lowest BCUT2D eigenvalue weighted by molar-refractivity contribution is 0.167. The van der Waals surface area contributed by atoms with Crippen LogP contribution in [0.3, 0.4) is 0 Å². The standard InChI is InChI=1S/C12H24N2O/c1-10-4-3-6-13-11(10)8-14-12(2)5-7-15-9-12/h10-11,13-14H,3-9H2,1-2H3. The summed E-state index contributed by atoms with van der Waals surface area (Å²) in [5, 5.41) is 7.28. The van der Waals surface area contributed by atoms with Crippen molar-refractivity contribution < 1.29 is 4.74 Å². The van der Waals surface area contributed by atoms with Crippen LogP contribution in [-0.4, -0.2) is 37.9 Å². The topological polar surface area (TPSA) is 33.3 Å². The van der Waals surface area contributed by atoms with Gasteiger partial charge < -0.3 is 15.4 Å². The largest absolute Gasteiger partial charge is 0.379 e. The Morgan fingerprint density at radius 3 is 3.07 bits per heavy atom. The molecular formula is C12H24N2O. The van der Waals surface area contributed by atoms with Gasteiger partial charge in [-0.1, -0.05) is 6.92 Å². The van der Waals surface area contributed by atoms with Gasteiger partial charge in [-0.3, -0.25) is 0 Å². The molecule has 0 radical (unpaired) electrons. The molecule has 3 heteroatoms. The second-order valence-corrected chi connectivity index (χ2v) is 5.42. The molecule has 3 nitrogen and oxygen atoms in total. The van der Waals surface area contributed by atoms with E-state index in [9.17, 15) is 0 Å². The van der Waals surface area contributed by atoms with Gasteiger partial charge in [0.2, 0.25) is 0 Å². The van der Waals surface area contributed by atoms with Crippen molar-refractivity contribution in [2.75, 3.05) is 26.3 Å². The summed E-state index contributed by atoms with van der Waals surface area (Å²) in [6.45, 7) is 8.68. The molecule has 0 spiro atoms. The number of ether oxygens (including phenoxy) is 1. The van der Waals surface area contributed by atoms with Crippen LogP contribution in [0.1, 0.15) is 33.1 Å². The third kappa shape index (κ3) is 2.92. The maximum absolute atomic E-state index is 5.44. The molecule has 0 aliphatic carbocycles. The fourth-order valence-corrected chi connectivity index (χ4v) is 2.55. The molecule has 15 heavy (non-hydrogen) atoms. The van der Waals surface area contributed by atoms with Gasteiger partial charge in [0.15, 0.2) is 0 Å². The second-order valence-electron chi connectivity index (χ2n) is 5.42. The molecule has 2 aliphatic rings. The summed E-state index contributed by atoms with van der Waals surface area (Å²) in [7, 11) is 0. The van der Waals surface area contributed by atoms with E-state index in [1.165, 1.54) is 19.4 Å². The van der Waals surface area contributed by atoms with Gasteiger partial charge in [0.25, 0.3) is 0 Å². The predicted octanol–water partition coefficient (Wildman–Crippen LogP) is 1.14. The Bertz CT molecular complexity index is 202. The van der Waals surface area contributed by atoms with Crippen molar-refractivity contribution in [3.63, 3.8) is 0 Å². The summed E-state index contributed by atoms with van der Waals surface area (Å²) in [6.07, 6.45) is 3.85. The van der Waals surface area contributed by atoms with Crippen LogP contribution >= 0.6 is 0 Å². The maximum Gasteiger partial charge on any atom is 0.0646 e. The van der Waals surface area contributed by atoms with Crippen LogP contribution in [0.5, 0.6) is 0 Å². The fraction of sp³-hybridized carbons (Fsp3) is 1.00. The minimum atomic E-state index is 0.221. The first-order valence-electron chi connectivity index (χ1n) is 6.26. The summed E-state index contributed by atoms with van der Waals surface area (Å²) >= 11 is 0. The zero-order valence-electron chi connectivity index (χ0n) is 10.0. The Hall–Kier alpha value is -0.120. The lowest BCUT2D eigenvalue weighted by Gasteiger charge is -2.33. The second kappa shape index (κ2) is 4.81. The van der Waals surface area contributed by atoms with E-state index in [-0.39, 0.29) is 5.54 Å². The summed E-state index contributed by atoms with van der Waals surface area (Å²) < 4.78 is 5.44. The van der Waals surface area contributed by atoms with Gasteiger partial charge in [0.1, 0.15) is 0 Å². The molecule has 2 saturated heterocycles. The van der Waals surface area contributed by atoms with Crippen molar-refractivity contribution >= 4 is 0 Å². The van der Waals surface area contributed by atoms with Crippen LogP contribution in [0.15, 0.2) is 0 Å². The lowest BCUT2D eigenvalue weighted by Crippen LogP contribution is -2.53. The smallest absolute Gasteiger partial charge is 0.0646 e. The van der Waals surface area contributed by atoms with Crippen molar-refractivity contribution in [1.29, 1.82) is 0 Å². The third-order valence-corrected chi connectivity index (χ3v) is 3.90. The SMILES string of the molecule is CC1CCCNC1CNC1(C)CCOC1. The predicted molar refractivity (Wildman–Crippen MR) is 62.0 cm³/mol. The van der Waals surface area contributed by atoms with Crippen LogP contribution < -0.4 is 10.6 Å². The van der Waals surface area contributed by atoms with Gasteiger partial charge in [0, 0.05) is 24.7 Å². The van der Waals surface area contributed by atoms with E-state index >= 15 is 0 Å². The van der Waals surface area contributed by atoms with Gasteiger partial charge in [-0.25, -0.2) is 0 Å². The minimum Gasteiger partial charge on any atom is -0.379 e. The van der Waals surface area contributed by atoms with Gasteiger partial charge in [-0.15, -0.1) is 0 Å². The molecule has 88 valence electrons. The quantitative estimate of drug-likeness (QED) is 0.736. The van der Waals surface area contributed by atoms with Crippen LogP contribution in [0.25, 0.3) is 0 Å². The highest BCUT2D eigenvalue weighted by molar-refractivity contribution is 4.90. The molecule has 0 amide bonds. The monoisotopic (exact) mass is 212 g/mol. The van der Waals surface area contributed by atoms with Crippen LogP contribution in [-0.2, 0) is 4.74 Å². The number of piperidine rings is 1. The van der Waals surface area contributed by atoms with E-state index in [0.717, 1.165) is 32.1 Å². The highest BCUT2D eigenvalue weighted by Crippen LogP contribution is 2.19. The first kappa shape index (κ1) is 11.4. The summed E-state index contributed by atoms with van der Waals surface area (Å²) in [6, 6.07) is 0.649. The van der Waals surface area contributed by atoms with Crippen molar-refractivity contribution in [2.24, 2.45) is 5.92 Å². The first-order valence-corrected chi connectivity index (χ1v) is 6.26. The number of rotatable bonds is 3. The lowest BCUT2D eigenvalue weighted by atomic mass is 9.91. The van der Waals surface area contributed by atoms with Crippen LogP contribution in [0.4, 0.5) is 0 Å². The zero-order valence-corrected chi connectivity index (χ0v) is 10.0. The molecule has 2 aliphatic heterocycles. The highest BCUT2D eigenvalue weighted by atomic mass is 16.5. The van der Waals surface area contributed by atoms with Crippen LogP contribution in [0.2, 0.25) is 0 Å². The van der Waals surface area contributed by atoms with E-state index < -0.39 is 0 Å². The molecule has 0 bridgehead atoms. The molecular weight excluding hydrogens is 188 g/mol. The average molecular weight is 212 g/mol. The van der Waals surface area contributed by atoms with E-state index in [2.05, 4.69) is 24.5 Å². The molecule has 2 N–H and O–H groups in total. The van der Waals surface area contributed by atoms with Crippen molar-refractivity contribution in [2.45, 2.75) is 44.7 Å². The van der Waals surface area contributed by atoms with E-state index in [1.54, 1.807) is 0 Å². The molecule has 0 aromatic carbocycles. The molecule has 0 aromatic heterocycles. The van der Waals surface area contributed by atoms with Gasteiger partial charge in [0.05, 0.1) is 6.61 Å². The fourth-order valence-electron chi connectivity index (χ4n) is 2.55. The molecule has 2 fully saturated rings. The molecule has 0 saturated carbocycles. The highest BCUT2D eigenvalue weighted by Gasteiger charge is 2.30. The average Bonchev–Trinajstić information content (AvgIpc) is 2.65. The molecule has 0 aromatic rings. The normalized spacial score (nSPS) is 42.0. The molecule has 2 heterocycles. The third-order valence-electron chi connectivity index (χ3n) is 3.90. The molecule has 3 unspecified atom stereocenters. The summed E-state index contributed by atoms with van der Waals surface area (Å²) in [4.78, 5) is 0. The number of hydrogen-bond acceptors (Lipinski definition) is 3. The Kier molecular flexibility index (Phi) is 3.65. The first-order chi connectivity index (χ1) is 7.20. The Morgan fingerprint density at radius 1 is 1.53 bits per heavy atom. The van der Waals surface area contributed by atoms with E-state index in [1.807, 2.05) is 0 Å². The molecule has 3 atom stereocenters. The number of hydrogen-bond donors (Lipinski definition) is 2. The van der Waals surface area contributed by atoms with Crippen molar-refractivity contribution in [1.82, 2.24) is 10.6 Å². The number of nitrogens with one attached hydrogen (secondary N) is 2. The van der Waals surface area contributed by atoms with Crippen molar-refractivity contribution in [3.05, 3.63) is 0 Å². The Balaban J connectivity index is 1.76.